The Labute approximate surface area is 163 Å². The molecule has 4 aromatic rings. The van der Waals surface area contributed by atoms with Crippen LogP contribution in [0, 0.1) is 30.4 Å². The molecule has 0 atom stereocenters. The van der Waals surface area contributed by atoms with Gasteiger partial charge in [0, 0.05) is 17.3 Å². The topological polar surface area (TPSA) is 67.8 Å². The molecule has 0 unspecified atom stereocenters. The van der Waals surface area contributed by atoms with E-state index in [0.29, 0.717) is 15.7 Å². The van der Waals surface area contributed by atoms with Crippen LogP contribution in [0.15, 0.2) is 64.3 Å². The van der Waals surface area contributed by atoms with Gasteiger partial charge in [-0.1, -0.05) is 30.0 Å². The number of aromatic nitrogens is 3. The molecule has 0 bridgehead atoms. The van der Waals surface area contributed by atoms with E-state index in [1.807, 2.05) is 6.07 Å². The Balaban J connectivity index is 1.88. The lowest BCUT2D eigenvalue weighted by molar-refractivity contribution is 0.562. The van der Waals surface area contributed by atoms with Crippen molar-refractivity contribution in [2.75, 3.05) is 0 Å². The molecule has 5 nitrogen and oxygen atoms in total. The average Bonchev–Trinajstić information content (AvgIpc) is 2.70. The Bertz CT molecular complexity index is 1410. The van der Waals surface area contributed by atoms with Crippen molar-refractivity contribution in [1.29, 1.82) is 0 Å². The minimum absolute atomic E-state index is 0.0758. The molecule has 4 rings (SSSR count). The molecule has 0 aliphatic rings. The number of nitrogens with zero attached hydrogens (tertiary/aromatic N) is 2. The van der Waals surface area contributed by atoms with E-state index in [-0.39, 0.29) is 16.6 Å². The van der Waals surface area contributed by atoms with Gasteiger partial charge in [0.05, 0.1) is 5.52 Å². The average molecular weight is 389 g/mol. The maximum Gasteiger partial charge on any atom is 0.333 e. The molecule has 0 saturated heterocycles. The summed E-state index contributed by atoms with van der Waals surface area (Å²) >= 11 is 0. The zero-order valence-corrected chi connectivity index (χ0v) is 15.2. The summed E-state index contributed by atoms with van der Waals surface area (Å²) in [4.78, 5) is 31.5. The van der Waals surface area contributed by atoms with Crippen molar-refractivity contribution < 1.29 is 8.78 Å². The molecule has 0 aliphatic heterocycles. The summed E-state index contributed by atoms with van der Waals surface area (Å²) in [7, 11) is 0. The zero-order valence-electron chi connectivity index (χ0n) is 15.2. The Morgan fingerprint density at radius 2 is 1.62 bits per heavy atom. The van der Waals surface area contributed by atoms with Gasteiger partial charge in [0.1, 0.15) is 5.69 Å². The van der Waals surface area contributed by atoms with E-state index in [2.05, 4.69) is 21.8 Å². The highest BCUT2D eigenvalue weighted by molar-refractivity contribution is 5.76. The lowest BCUT2D eigenvalue weighted by Crippen LogP contribution is -2.35. The second kappa shape index (κ2) is 7.17. The fourth-order valence-electron chi connectivity index (χ4n) is 2.96. The van der Waals surface area contributed by atoms with Crippen molar-refractivity contribution >= 4 is 11.0 Å². The Morgan fingerprint density at radius 3 is 2.31 bits per heavy atom. The Hall–Kier alpha value is -4.05. The Kier molecular flexibility index (Phi) is 4.53. The van der Waals surface area contributed by atoms with Crippen LogP contribution in [0.3, 0.4) is 0 Å². The van der Waals surface area contributed by atoms with E-state index < -0.39 is 28.6 Å². The highest BCUT2D eigenvalue weighted by Crippen LogP contribution is 2.18. The SMILES string of the molecule is Cc1ccnc2c(=O)n(-c3c(F)cc(C#Cc4ccccc4)cc3F)c(=O)[nH]c12. The molecule has 29 heavy (non-hydrogen) atoms. The van der Waals surface area contributed by atoms with Crippen molar-refractivity contribution in [3.63, 3.8) is 0 Å². The monoisotopic (exact) mass is 389 g/mol. The number of halogens is 2. The number of aromatic amines is 1. The summed E-state index contributed by atoms with van der Waals surface area (Å²) in [6.45, 7) is 1.69. The first-order valence-corrected chi connectivity index (χ1v) is 8.63. The van der Waals surface area contributed by atoms with Gasteiger partial charge in [0.15, 0.2) is 17.2 Å². The zero-order chi connectivity index (χ0) is 20.5. The molecule has 2 aromatic heterocycles. The fourth-order valence-corrected chi connectivity index (χ4v) is 2.96. The third kappa shape index (κ3) is 3.32. The van der Waals surface area contributed by atoms with Gasteiger partial charge in [0.2, 0.25) is 0 Å². The summed E-state index contributed by atoms with van der Waals surface area (Å²) in [5.74, 6) is 3.31. The molecular weight excluding hydrogens is 376 g/mol. The van der Waals surface area contributed by atoms with Crippen LogP contribution in [0.2, 0.25) is 0 Å². The van der Waals surface area contributed by atoms with E-state index >= 15 is 0 Å². The van der Waals surface area contributed by atoms with Crippen LogP contribution in [-0.4, -0.2) is 14.5 Å². The predicted octanol–water partition coefficient (Wildman–Crippen LogP) is 3.06. The summed E-state index contributed by atoms with van der Waals surface area (Å²) in [6, 6.07) is 12.5. The highest BCUT2D eigenvalue weighted by Gasteiger charge is 2.19. The smallest absolute Gasteiger partial charge is 0.305 e. The second-order valence-electron chi connectivity index (χ2n) is 6.33. The lowest BCUT2D eigenvalue weighted by Gasteiger charge is -2.09. The number of benzene rings is 2. The first kappa shape index (κ1) is 18.3. The van der Waals surface area contributed by atoms with E-state index in [1.165, 1.54) is 6.20 Å². The quantitative estimate of drug-likeness (QED) is 0.509. The largest absolute Gasteiger partial charge is 0.333 e. The van der Waals surface area contributed by atoms with Crippen LogP contribution in [0.1, 0.15) is 16.7 Å². The number of aryl methyl sites for hydroxylation is 1. The van der Waals surface area contributed by atoms with Gasteiger partial charge in [-0.3, -0.25) is 4.79 Å². The summed E-state index contributed by atoms with van der Waals surface area (Å²) < 4.78 is 29.9. The molecule has 0 radical (unpaired) electrons. The number of rotatable bonds is 1. The van der Waals surface area contributed by atoms with Crippen molar-refractivity contribution in [2.45, 2.75) is 6.92 Å². The lowest BCUT2D eigenvalue weighted by atomic mass is 10.1. The summed E-state index contributed by atoms with van der Waals surface area (Å²) in [5.41, 5.74) is -1.13. The van der Waals surface area contributed by atoms with Gasteiger partial charge < -0.3 is 4.98 Å². The van der Waals surface area contributed by atoms with Crippen molar-refractivity contribution in [2.24, 2.45) is 0 Å². The number of nitrogens with one attached hydrogen (secondary N) is 1. The third-order valence-electron chi connectivity index (χ3n) is 4.37. The third-order valence-corrected chi connectivity index (χ3v) is 4.37. The van der Waals surface area contributed by atoms with Crippen LogP contribution in [0.25, 0.3) is 16.7 Å². The number of hydrogen-bond donors (Lipinski definition) is 1. The van der Waals surface area contributed by atoms with Gasteiger partial charge >= 0.3 is 5.69 Å². The summed E-state index contributed by atoms with van der Waals surface area (Å²) in [6.07, 6.45) is 1.39. The molecule has 0 amide bonds. The second-order valence-corrected chi connectivity index (χ2v) is 6.33. The fraction of sp³-hybridized carbons (Fsp3) is 0.0455. The van der Waals surface area contributed by atoms with Crippen LogP contribution in [0.4, 0.5) is 8.78 Å². The normalized spacial score (nSPS) is 10.6. The summed E-state index contributed by atoms with van der Waals surface area (Å²) in [5, 5.41) is 0. The van der Waals surface area contributed by atoms with Gasteiger partial charge in [-0.05, 0) is 42.8 Å². The van der Waals surface area contributed by atoms with Crippen LogP contribution >= 0.6 is 0 Å². The molecule has 0 aliphatic carbocycles. The predicted molar refractivity (Wildman–Crippen MR) is 105 cm³/mol. The standard InChI is InChI=1S/C22H13F2N3O2/c1-13-9-10-25-19-18(13)26-22(29)27(21(19)28)20-16(23)11-15(12-17(20)24)8-7-14-5-3-2-4-6-14/h2-6,9-12H,1H3,(H,26,29). The number of fused-ring (bicyclic) bond motifs is 1. The molecule has 2 aromatic carbocycles. The van der Waals surface area contributed by atoms with Crippen LogP contribution in [-0.2, 0) is 0 Å². The highest BCUT2D eigenvalue weighted by atomic mass is 19.1. The Morgan fingerprint density at radius 1 is 0.966 bits per heavy atom. The molecular formula is C22H13F2N3O2. The molecule has 2 heterocycles. The van der Waals surface area contributed by atoms with Gasteiger partial charge in [-0.15, -0.1) is 0 Å². The molecule has 1 N–H and O–H groups in total. The van der Waals surface area contributed by atoms with Crippen LogP contribution in [0.5, 0.6) is 0 Å². The first-order chi connectivity index (χ1) is 14.0. The van der Waals surface area contributed by atoms with Crippen molar-refractivity contribution in [1.82, 2.24) is 14.5 Å². The van der Waals surface area contributed by atoms with Crippen molar-refractivity contribution in [3.05, 3.63) is 104 Å². The minimum Gasteiger partial charge on any atom is -0.305 e. The van der Waals surface area contributed by atoms with Gasteiger partial charge in [0.25, 0.3) is 5.56 Å². The van der Waals surface area contributed by atoms with E-state index in [1.54, 1.807) is 37.3 Å². The molecule has 0 fully saturated rings. The van der Waals surface area contributed by atoms with Gasteiger partial charge in [-0.2, -0.15) is 0 Å². The number of pyridine rings is 1. The first-order valence-electron chi connectivity index (χ1n) is 8.63. The van der Waals surface area contributed by atoms with E-state index in [9.17, 15) is 18.4 Å². The molecule has 142 valence electrons. The van der Waals surface area contributed by atoms with E-state index in [0.717, 1.165) is 12.1 Å². The van der Waals surface area contributed by atoms with Crippen molar-refractivity contribution in [3.8, 4) is 17.5 Å². The number of H-pyrrole nitrogens is 1. The van der Waals surface area contributed by atoms with Crippen LogP contribution < -0.4 is 11.2 Å². The molecule has 0 saturated carbocycles. The maximum atomic E-state index is 14.7. The van der Waals surface area contributed by atoms with E-state index in [4.69, 9.17) is 0 Å². The molecule has 0 spiro atoms. The number of hydrogen-bond acceptors (Lipinski definition) is 3. The van der Waals surface area contributed by atoms with Gasteiger partial charge in [-0.25, -0.2) is 23.1 Å². The minimum atomic E-state index is -1.08. The molecule has 7 heteroatoms. The maximum absolute atomic E-state index is 14.7.